The van der Waals surface area contributed by atoms with Gasteiger partial charge in [-0.2, -0.15) is 0 Å². The molecule has 0 spiro atoms. The quantitative estimate of drug-likeness (QED) is 0.806. The molecule has 0 fully saturated rings. The Labute approximate surface area is 122 Å². The van der Waals surface area contributed by atoms with E-state index in [1.54, 1.807) is 6.92 Å². The van der Waals surface area contributed by atoms with Gasteiger partial charge in [-0.3, -0.25) is 4.79 Å². The third kappa shape index (κ3) is 3.20. The Morgan fingerprint density at radius 2 is 1.95 bits per heavy atom. The van der Waals surface area contributed by atoms with E-state index in [2.05, 4.69) is 5.32 Å². The summed E-state index contributed by atoms with van der Waals surface area (Å²) in [5.41, 5.74) is 5.87. The molecule has 0 bridgehead atoms. The number of carbonyl (C=O) groups is 1. The summed E-state index contributed by atoms with van der Waals surface area (Å²) < 4.78 is 13.0. The fourth-order valence-corrected chi connectivity index (χ4v) is 2.06. The fraction of sp³-hybridized carbons (Fsp3) is 0.188. The van der Waals surface area contributed by atoms with Crippen LogP contribution < -0.4 is 11.1 Å². The van der Waals surface area contributed by atoms with Crippen LogP contribution in [-0.4, -0.2) is 17.6 Å². The topological polar surface area (TPSA) is 75.3 Å². The van der Waals surface area contributed by atoms with Crippen molar-refractivity contribution in [2.75, 3.05) is 6.54 Å². The van der Waals surface area contributed by atoms with Gasteiger partial charge in [-0.05, 0) is 24.6 Å². The summed E-state index contributed by atoms with van der Waals surface area (Å²) in [5, 5.41) is 12.5. The van der Waals surface area contributed by atoms with Gasteiger partial charge in [0.2, 0.25) is 0 Å². The molecular weight excluding hydrogens is 271 g/mol. The maximum Gasteiger partial charge on any atom is 0.255 e. The van der Waals surface area contributed by atoms with Gasteiger partial charge < -0.3 is 16.2 Å². The number of benzene rings is 2. The third-order valence-electron chi connectivity index (χ3n) is 3.41. The van der Waals surface area contributed by atoms with Crippen LogP contribution in [0.5, 0.6) is 5.75 Å². The van der Waals surface area contributed by atoms with Crippen LogP contribution in [0.25, 0.3) is 0 Å². The van der Waals surface area contributed by atoms with Crippen LogP contribution in [0.2, 0.25) is 0 Å². The third-order valence-corrected chi connectivity index (χ3v) is 3.41. The monoisotopic (exact) mass is 288 g/mol. The zero-order chi connectivity index (χ0) is 15.5. The van der Waals surface area contributed by atoms with Crippen LogP contribution in [0.3, 0.4) is 0 Å². The highest BCUT2D eigenvalue weighted by atomic mass is 19.1. The van der Waals surface area contributed by atoms with E-state index in [9.17, 15) is 14.3 Å². The van der Waals surface area contributed by atoms with Gasteiger partial charge in [0.05, 0.1) is 11.1 Å². The number of rotatable bonds is 4. The highest BCUT2D eigenvalue weighted by molar-refractivity contribution is 5.97. The van der Waals surface area contributed by atoms with Gasteiger partial charge in [-0.25, -0.2) is 4.39 Å². The number of amides is 1. The lowest BCUT2D eigenvalue weighted by atomic mass is 9.91. The van der Waals surface area contributed by atoms with E-state index < -0.39 is 23.0 Å². The van der Waals surface area contributed by atoms with Crippen molar-refractivity contribution in [2.45, 2.75) is 12.5 Å². The molecule has 0 aliphatic heterocycles. The number of hydrogen-bond donors (Lipinski definition) is 3. The Morgan fingerprint density at radius 3 is 2.52 bits per heavy atom. The summed E-state index contributed by atoms with van der Waals surface area (Å²) >= 11 is 0. The molecule has 2 aromatic rings. The van der Waals surface area contributed by atoms with E-state index in [1.165, 1.54) is 6.07 Å². The molecule has 5 heteroatoms. The minimum Gasteiger partial charge on any atom is -0.507 e. The lowest BCUT2D eigenvalue weighted by Gasteiger charge is -2.30. The molecule has 110 valence electrons. The van der Waals surface area contributed by atoms with E-state index >= 15 is 0 Å². The molecule has 0 aromatic heterocycles. The smallest absolute Gasteiger partial charge is 0.255 e. The Bertz CT molecular complexity index is 646. The molecule has 21 heavy (non-hydrogen) atoms. The number of hydrogen-bond acceptors (Lipinski definition) is 3. The van der Waals surface area contributed by atoms with E-state index in [0.29, 0.717) is 0 Å². The molecule has 0 saturated heterocycles. The lowest BCUT2D eigenvalue weighted by molar-refractivity contribution is 0.0904. The number of aromatic hydroxyl groups is 1. The minimum atomic E-state index is -0.779. The van der Waals surface area contributed by atoms with Crippen LogP contribution in [0, 0.1) is 5.82 Å². The lowest BCUT2D eigenvalue weighted by Crippen LogP contribution is -2.48. The first-order valence-electron chi connectivity index (χ1n) is 6.53. The minimum absolute atomic E-state index is 0.00649. The van der Waals surface area contributed by atoms with Crippen LogP contribution in [0.4, 0.5) is 4.39 Å². The predicted octanol–water partition coefficient (Wildman–Crippen LogP) is 2.14. The Kier molecular flexibility index (Phi) is 4.23. The van der Waals surface area contributed by atoms with Crippen LogP contribution in [0.1, 0.15) is 22.8 Å². The molecule has 0 saturated carbocycles. The average Bonchev–Trinajstić information content (AvgIpc) is 2.47. The van der Waals surface area contributed by atoms with Crippen molar-refractivity contribution in [2.24, 2.45) is 5.73 Å². The van der Waals surface area contributed by atoms with Crippen molar-refractivity contribution in [3.8, 4) is 5.75 Å². The molecule has 1 unspecified atom stereocenters. The second-order valence-corrected chi connectivity index (χ2v) is 5.02. The van der Waals surface area contributed by atoms with Gasteiger partial charge in [-0.15, -0.1) is 0 Å². The first-order chi connectivity index (χ1) is 9.96. The van der Waals surface area contributed by atoms with Gasteiger partial charge >= 0.3 is 0 Å². The van der Waals surface area contributed by atoms with Crippen molar-refractivity contribution < 1.29 is 14.3 Å². The summed E-state index contributed by atoms with van der Waals surface area (Å²) in [4.78, 5) is 12.3. The second kappa shape index (κ2) is 5.93. The maximum absolute atomic E-state index is 13.0. The van der Waals surface area contributed by atoms with E-state index in [1.807, 2.05) is 30.3 Å². The van der Waals surface area contributed by atoms with Gasteiger partial charge in [0.15, 0.2) is 0 Å². The molecule has 1 atom stereocenters. The zero-order valence-electron chi connectivity index (χ0n) is 11.6. The van der Waals surface area contributed by atoms with Gasteiger partial charge in [0.25, 0.3) is 5.91 Å². The van der Waals surface area contributed by atoms with Crippen LogP contribution >= 0.6 is 0 Å². The molecule has 4 N–H and O–H groups in total. The molecule has 0 radical (unpaired) electrons. The first-order valence-corrected chi connectivity index (χ1v) is 6.53. The molecule has 4 nitrogen and oxygen atoms in total. The summed E-state index contributed by atoms with van der Waals surface area (Å²) in [6, 6.07) is 12.6. The number of nitrogens with one attached hydrogen (secondary N) is 1. The molecule has 0 aliphatic rings. The number of halogens is 1. The van der Waals surface area contributed by atoms with Crippen molar-refractivity contribution in [1.82, 2.24) is 5.32 Å². The summed E-state index contributed by atoms with van der Waals surface area (Å²) in [6.07, 6.45) is 0. The molecule has 2 rings (SSSR count). The van der Waals surface area contributed by atoms with Crippen molar-refractivity contribution >= 4 is 5.91 Å². The number of phenols is 1. The van der Waals surface area contributed by atoms with Crippen molar-refractivity contribution in [3.63, 3.8) is 0 Å². The Morgan fingerprint density at radius 1 is 1.29 bits per heavy atom. The number of carbonyl (C=O) groups excluding carboxylic acids is 1. The average molecular weight is 288 g/mol. The normalized spacial score (nSPS) is 13.5. The highest BCUT2D eigenvalue weighted by Gasteiger charge is 2.28. The van der Waals surface area contributed by atoms with Crippen LogP contribution in [-0.2, 0) is 5.54 Å². The Hall–Kier alpha value is -2.40. The predicted molar refractivity (Wildman–Crippen MR) is 78.4 cm³/mol. The van der Waals surface area contributed by atoms with E-state index in [4.69, 9.17) is 5.73 Å². The molecule has 0 aliphatic carbocycles. The zero-order valence-corrected chi connectivity index (χ0v) is 11.6. The summed E-state index contributed by atoms with van der Waals surface area (Å²) in [6.45, 7) is 1.98. The summed E-state index contributed by atoms with van der Waals surface area (Å²) in [7, 11) is 0. The van der Waals surface area contributed by atoms with Crippen molar-refractivity contribution in [3.05, 3.63) is 65.5 Å². The first kappa shape index (κ1) is 15.0. The largest absolute Gasteiger partial charge is 0.507 e. The fourth-order valence-electron chi connectivity index (χ4n) is 2.06. The number of nitrogens with two attached hydrogens (primary N) is 1. The standard InChI is InChI=1S/C16H17FN2O2/c1-16(10-18,11-5-3-2-4-6-11)19-15(21)13-8-7-12(17)9-14(13)20/h2-9,20H,10,18H2,1H3,(H,19,21). The van der Waals surface area contributed by atoms with Crippen molar-refractivity contribution in [1.29, 1.82) is 0 Å². The Balaban J connectivity index is 2.28. The van der Waals surface area contributed by atoms with Gasteiger partial charge in [0, 0.05) is 12.6 Å². The highest BCUT2D eigenvalue weighted by Crippen LogP contribution is 2.23. The molecule has 2 aromatic carbocycles. The molecule has 0 heterocycles. The maximum atomic E-state index is 13.0. The van der Waals surface area contributed by atoms with Gasteiger partial charge in [-0.1, -0.05) is 30.3 Å². The van der Waals surface area contributed by atoms with E-state index in [-0.39, 0.29) is 12.1 Å². The SMILES string of the molecule is CC(CN)(NC(=O)c1ccc(F)cc1O)c1ccccc1. The van der Waals surface area contributed by atoms with Gasteiger partial charge in [0.1, 0.15) is 11.6 Å². The summed E-state index contributed by atoms with van der Waals surface area (Å²) in [5.74, 6) is -1.52. The number of phenolic OH excluding ortho intramolecular Hbond substituents is 1. The van der Waals surface area contributed by atoms with E-state index in [0.717, 1.165) is 17.7 Å². The van der Waals surface area contributed by atoms with Crippen LogP contribution in [0.15, 0.2) is 48.5 Å². The molecule has 1 amide bonds. The second-order valence-electron chi connectivity index (χ2n) is 5.02. The molecular formula is C16H17FN2O2.